The third-order valence-electron chi connectivity index (χ3n) is 3.80. The van der Waals surface area contributed by atoms with Gasteiger partial charge in [0.25, 0.3) is 11.6 Å². The van der Waals surface area contributed by atoms with Crippen molar-refractivity contribution in [3.05, 3.63) is 60.9 Å². The van der Waals surface area contributed by atoms with Gasteiger partial charge in [-0.3, -0.25) is 29.7 Å². The molecule has 0 aliphatic heterocycles. The molecule has 2 rings (SSSR count). The number of nitrogens with one attached hydrogen (secondary N) is 1. The molecule has 10 nitrogen and oxygen atoms in total. The number of carbonyl (C=O) groups excluding carboxylic acids is 1. The molecule has 0 bridgehead atoms. The molecule has 0 unspecified atom stereocenters. The molecule has 1 heterocycles. The predicted molar refractivity (Wildman–Crippen MR) is 88.5 cm³/mol. The van der Waals surface area contributed by atoms with Gasteiger partial charge in [0.15, 0.2) is 0 Å². The zero-order valence-electron chi connectivity index (χ0n) is 14.0. The summed E-state index contributed by atoms with van der Waals surface area (Å²) < 4.78 is 1.45. The molecule has 1 N–H and O–H groups in total. The Morgan fingerprint density at radius 1 is 1.20 bits per heavy atom. The molecule has 0 fully saturated rings. The molecule has 10 heteroatoms. The van der Waals surface area contributed by atoms with Crippen LogP contribution in [-0.4, -0.2) is 32.1 Å². The van der Waals surface area contributed by atoms with Crippen molar-refractivity contribution in [2.75, 3.05) is 6.54 Å². The molecule has 0 saturated heterocycles. The molecule has 0 radical (unpaired) electrons. The first-order chi connectivity index (χ1) is 11.7. The van der Waals surface area contributed by atoms with Crippen LogP contribution in [0.5, 0.6) is 0 Å². The zero-order valence-corrected chi connectivity index (χ0v) is 14.0. The van der Waals surface area contributed by atoms with E-state index in [2.05, 4.69) is 10.4 Å². The first-order valence-corrected chi connectivity index (χ1v) is 7.44. The summed E-state index contributed by atoms with van der Waals surface area (Å²) in [5.74, 6) is -0.459. The van der Waals surface area contributed by atoms with Crippen LogP contribution in [0.3, 0.4) is 0 Å². The van der Waals surface area contributed by atoms with Crippen molar-refractivity contribution in [2.45, 2.75) is 27.3 Å². The second-order valence-corrected chi connectivity index (χ2v) is 5.51. The van der Waals surface area contributed by atoms with E-state index in [1.54, 1.807) is 20.8 Å². The average Bonchev–Trinajstić information content (AvgIpc) is 2.81. The topological polar surface area (TPSA) is 133 Å². The Morgan fingerprint density at radius 2 is 1.88 bits per heavy atom. The van der Waals surface area contributed by atoms with Gasteiger partial charge in [-0.1, -0.05) is 6.07 Å². The summed E-state index contributed by atoms with van der Waals surface area (Å²) in [6.45, 7) is 5.16. The summed E-state index contributed by atoms with van der Waals surface area (Å²) in [7, 11) is 0. The minimum absolute atomic E-state index is 0.0412. The monoisotopic (exact) mass is 347 g/mol. The maximum atomic E-state index is 12.1. The molecule has 0 spiro atoms. The maximum absolute atomic E-state index is 12.1. The molecule has 132 valence electrons. The van der Waals surface area contributed by atoms with Gasteiger partial charge in [0.2, 0.25) is 0 Å². The summed E-state index contributed by atoms with van der Waals surface area (Å²) in [4.78, 5) is 33.0. The molecule has 2 aromatic rings. The quantitative estimate of drug-likeness (QED) is 0.628. The van der Waals surface area contributed by atoms with E-state index in [1.165, 1.54) is 22.9 Å². The number of nitro groups is 2. The highest BCUT2D eigenvalue weighted by atomic mass is 16.6. The minimum atomic E-state index is -0.541. The van der Waals surface area contributed by atoms with Gasteiger partial charge in [0.05, 0.1) is 16.4 Å². The van der Waals surface area contributed by atoms with Crippen molar-refractivity contribution in [3.63, 3.8) is 0 Å². The van der Waals surface area contributed by atoms with Crippen LogP contribution in [0.25, 0.3) is 0 Å². The van der Waals surface area contributed by atoms with Gasteiger partial charge in [0, 0.05) is 23.7 Å². The van der Waals surface area contributed by atoms with Crippen LogP contribution in [0.2, 0.25) is 0 Å². The van der Waals surface area contributed by atoms with Gasteiger partial charge in [-0.25, -0.2) is 0 Å². The Hall–Kier alpha value is -3.30. The smallest absolute Gasteiger partial charge is 0.312 e. The van der Waals surface area contributed by atoms with E-state index in [0.717, 1.165) is 0 Å². The maximum Gasteiger partial charge on any atom is 0.312 e. The molecule has 0 saturated carbocycles. The van der Waals surface area contributed by atoms with E-state index in [0.29, 0.717) is 17.0 Å². The van der Waals surface area contributed by atoms with E-state index in [-0.39, 0.29) is 30.0 Å². The lowest BCUT2D eigenvalue weighted by atomic mass is 10.1. The van der Waals surface area contributed by atoms with Crippen molar-refractivity contribution in [1.29, 1.82) is 0 Å². The molecule has 0 atom stereocenters. The minimum Gasteiger partial charge on any atom is -0.350 e. The van der Waals surface area contributed by atoms with Gasteiger partial charge >= 0.3 is 5.69 Å². The summed E-state index contributed by atoms with van der Waals surface area (Å²) in [5, 5.41) is 28.6. The average molecular weight is 347 g/mol. The van der Waals surface area contributed by atoms with Crippen LogP contribution in [0.4, 0.5) is 11.4 Å². The number of hydrogen-bond donors (Lipinski definition) is 1. The number of carbonyl (C=O) groups is 1. The van der Waals surface area contributed by atoms with Gasteiger partial charge < -0.3 is 5.32 Å². The lowest BCUT2D eigenvalue weighted by Gasteiger charge is -2.07. The van der Waals surface area contributed by atoms with Crippen molar-refractivity contribution in [1.82, 2.24) is 15.1 Å². The van der Waals surface area contributed by atoms with Crippen molar-refractivity contribution >= 4 is 17.3 Å². The number of aryl methyl sites for hydroxylation is 2. The lowest BCUT2D eigenvalue weighted by molar-refractivity contribution is -0.386. The molecule has 0 aliphatic carbocycles. The van der Waals surface area contributed by atoms with E-state index in [9.17, 15) is 25.0 Å². The Morgan fingerprint density at radius 3 is 2.44 bits per heavy atom. The number of nitro benzene ring substituents is 1. The highest BCUT2D eigenvalue weighted by Crippen LogP contribution is 2.21. The van der Waals surface area contributed by atoms with E-state index >= 15 is 0 Å². The number of benzene rings is 1. The number of hydrogen-bond acceptors (Lipinski definition) is 6. The summed E-state index contributed by atoms with van der Waals surface area (Å²) >= 11 is 0. The summed E-state index contributed by atoms with van der Waals surface area (Å²) in [6, 6.07) is 4.24. The first kappa shape index (κ1) is 18.0. The summed E-state index contributed by atoms with van der Waals surface area (Å²) in [6.07, 6.45) is 0. The van der Waals surface area contributed by atoms with Crippen LogP contribution in [-0.2, 0) is 6.54 Å². The molecule has 1 amide bonds. The fourth-order valence-corrected chi connectivity index (χ4v) is 2.49. The third kappa shape index (κ3) is 3.79. The molecular formula is C15H17N5O5. The second kappa shape index (κ2) is 7.07. The summed E-state index contributed by atoms with van der Waals surface area (Å²) in [5.41, 5.74) is 1.20. The van der Waals surface area contributed by atoms with Gasteiger partial charge in [-0.05, 0) is 26.8 Å². The van der Waals surface area contributed by atoms with Crippen LogP contribution in [0, 0.1) is 41.0 Å². The van der Waals surface area contributed by atoms with E-state index in [4.69, 9.17) is 0 Å². The van der Waals surface area contributed by atoms with E-state index < -0.39 is 15.8 Å². The van der Waals surface area contributed by atoms with Gasteiger partial charge in [0.1, 0.15) is 11.4 Å². The highest BCUT2D eigenvalue weighted by molar-refractivity contribution is 5.94. The molecule has 25 heavy (non-hydrogen) atoms. The first-order valence-electron chi connectivity index (χ1n) is 7.44. The molecule has 1 aromatic heterocycles. The highest BCUT2D eigenvalue weighted by Gasteiger charge is 2.21. The van der Waals surface area contributed by atoms with Crippen molar-refractivity contribution in [2.24, 2.45) is 0 Å². The fourth-order valence-electron chi connectivity index (χ4n) is 2.49. The van der Waals surface area contributed by atoms with Crippen LogP contribution >= 0.6 is 0 Å². The molecular weight excluding hydrogens is 330 g/mol. The van der Waals surface area contributed by atoms with Crippen molar-refractivity contribution in [3.8, 4) is 0 Å². The normalized spacial score (nSPS) is 10.5. The third-order valence-corrected chi connectivity index (χ3v) is 3.80. The Balaban J connectivity index is 2.04. The lowest BCUT2D eigenvalue weighted by Crippen LogP contribution is -2.27. The number of amides is 1. The Labute approximate surface area is 142 Å². The molecule has 1 aromatic carbocycles. The zero-order chi connectivity index (χ0) is 18.7. The predicted octanol–water partition coefficient (Wildman–Crippen LogP) is 2.05. The Kier molecular flexibility index (Phi) is 5.11. The van der Waals surface area contributed by atoms with Crippen LogP contribution < -0.4 is 5.32 Å². The van der Waals surface area contributed by atoms with Crippen molar-refractivity contribution < 1.29 is 14.6 Å². The standard InChI is InChI=1S/C15H17N5O5/c1-9-4-5-12(8-13(9)19(22)23)15(21)16-6-7-18-11(3)14(20(24)25)10(2)17-18/h4-5,8H,6-7H2,1-3H3,(H,16,21). The second-order valence-electron chi connectivity index (χ2n) is 5.51. The SMILES string of the molecule is Cc1ccc(C(=O)NCCn2nc(C)c([N+](=O)[O-])c2C)cc1[N+](=O)[O-]. The number of nitrogens with zero attached hydrogens (tertiary/aromatic N) is 4. The van der Waals surface area contributed by atoms with Crippen LogP contribution in [0.15, 0.2) is 18.2 Å². The molecule has 0 aliphatic rings. The Bertz CT molecular complexity index is 858. The number of aromatic nitrogens is 2. The number of rotatable bonds is 6. The fraction of sp³-hybridized carbons (Fsp3) is 0.333. The van der Waals surface area contributed by atoms with E-state index in [1.807, 2.05) is 0 Å². The van der Waals surface area contributed by atoms with Gasteiger partial charge in [-0.15, -0.1) is 0 Å². The van der Waals surface area contributed by atoms with Gasteiger partial charge in [-0.2, -0.15) is 5.10 Å². The van der Waals surface area contributed by atoms with Crippen LogP contribution in [0.1, 0.15) is 27.3 Å². The largest absolute Gasteiger partial charge is 0.350 e.